The average Bonchev–Trinajstić information content (AvgIpc) is 2.76. The highest BCUT2D eigenvalue weighted by molar-refractivity contribution is 6.05. The molecule has 0 radical (unpaired) electrons. The maximum absolute atomic E-state index is 12.5. The normalized spacial score (nSPS) is 10.5. The van der Waals surface area contributed by atoms with Crippen LogP contribution in [0.5, 0.6) is 0 Å². The van der Waals surface area contributed by atoms with E-state index in [-0.39, 0.29) is 5.91 Å². The van der Waals surface area contributed by atoms with E-state index in [1.165, 1.54) is 0 Å². The Labute approximate surface area is 131 Å². The Hall–Kier alpha value is -2.54. The lowest BCUT2D eigenvalue weighted by molar-refractivity contribution is 0.102. The van der Waals surface area contributed by atoms with Crippen molar-refractivity contribution in [3.63, 3.8) is 0 Å². The highest BCUT2D eigenvalue weighted by Crippen LogP contribution is 2.21. The van der Waals surface area contributed by atoms with E-state index in [1.54, 1.807) is 0 Å². The van der Waals surface area contributed by atoms with Gasteiger partial charge in [-0.15, -0.1) is 0 Å². The highest BCUT2D eigenvalue weighted by Gasteiger charge is 2.17. The number of anilines is 1. The SMILES string of the molecule is Cc1cc(C(=O)Nc2ccc(CC#N)cc2)c(C)n1C(C)C. The average molecular weight is 295 g/mol. The van der Waals surface area contributed by atoms with Gasteiger partial charge < -0.3 is 9.88 Å². The van der Waals surface area contributed by atoms with Crippen LogP contribution in [0.2, 0.25) is 0 Å². The van der Waals surface area contributed by atoms with Gasteiger partial charge in [0.2, 0.25) is 0 Å². The molecule has 1 heterocycles. The van der Waals surface area contributed by atoms with Gasteiger partial charge in [-0.3, -0.25) is 4.79 Å². The second-order valence-corrected chi connectivity index (χ2v) is 5.73. The number of carbonyl (C=O) groups excluding carboxylic acids is 1. The van der Waals surface area contributed by atoms with E-state index >= 15 is 0 Å². The molecule has 22 heavy (non-hydrogen) atoms. The van der Waals surface area contributed by atoms with E-state index in [2.05, 4.69) is 29.8 Å². The molecule has 4 heteroatoms. The Bertz CT molecular complexity index is 718. The lowest BCUT2D eigenvalue weighted by Crippen LogP contribution is -2.13. The van der Waals surface area contributed by atoms with E-state index in [4.69, 9.17) is 5.26 Å². The van der Waals surface area contributed by atoms with Gasteiger partial charge in [0, 0.05) is 23.1 Å². The summed E-state index contributed by atoms with van der Waals surface area (Å²) in [5, 5.41) is 11.6. The number of aromatic nitrogens is 1. The molecule has 2 aromatic rings. The minimum atomic E-state index is -0.104. The quantitative estimate of drug-likeness (QED) is 0.926. The lowest BCUT2D eigenvalue weighted by Gasteiger charge is -2.13. The summed E-state index contributed by atoms with van der Waals surface area (Å²) >= 11 is 0. The molecule has 1 amide bonds. The molecule has 114 valence electrons. The van der Waals surface area contributed by atoms with E-state index in [9.17, 15) is 4.79 Å². The van der Waals surface area contributed by atoms with Crippen molar-refractivity contribution in [1.82, 2.24) is 4.57 Å². The second kappa shape index (κ2) is 6.48. The monoisotopic (exact) mass is 295 g/mol. The largest absolute Gasteiger partial charge is 0.346 e. The molecule has 0 bridgehead atoms. The third-order valence-corrected chi connectivity index (χ3v) is 3.74. The molecule has 0 atom stereocenters. The summed E-state index contributed by atoms with van der Waals surface area (Å²) in [7, 11) is 0. The second-order valence-electron chi connectivity index (χ2n) is 5.73. The van der Waals surface area contributed by atoms with Crippen LogP contribution in [0.4, 0.5) is 5.69 Å². The van der Waals surface area contributed by atoms with Gasteiger partial charge in [-0.1, -0.05) is 12.1 Å². The molecule has 0 aliphatic carbocycles. The molecule has 0 fully saturated rings. The first kappa shape index (κ1) is 15.8. The van der Waals surface area contributed by atoms with Gasteiger partial charge in [0.1, 0.15) is 0 Å². The Balaban J connectivity index is 2.19. The molecular weight excluding hydrogens is 274 g/mol. The molecule has 2 rings (SSSR count). The standard InChI is InChI=1S/C18H21N3O/c1-12(2)21-13(3)11-17(14(21)4)18(22)20-16-7-5-15(6-8-16)9-10-19/h5-8,11-12H,9H2,1-4H3,(H,20,22). The number of carbonyl (C=O) groups is 1. The first-order chi connectivity index (χ1) is 10.4. The molecule has 0 unspecified atom stereocenters. The van der Waals surface area contributed by atoms with Crippen LogP contribution < -0.4 is 5.32 Å². The predicted octanol–water partition coefficient (Wildman–Crippen LogP) is 4.00. The summed E-state index contributed by atoms with van der Waals surface area (Å²) in [5.74, 6) is -0.104. The van der Waals surface area contributed by atoms with E-state index in [1.807, 2.05) is 44.2 Å². The van der Waals surface area contributed by atoms with Crippen molar-refractivity contribution in [2.24, 2.45) is 0 Å². The summed E-state index contributed by atoms with van der Waals surface area (Å²) in [6.45, 7) is 8.20. The van der Waals surface area contributed by atoms with Crippen LogP contribution in [0, 0.1) is 25.2 Å². The summed E-state index contributed by atoms with van der Waals surface area (Å²) in [5.41, 5.74) is 4.44. The Morgan fingerprint density at radius 2 is 1.91 bits per heavy atom. The molecule has 0 saturated carbocycles. The van der Waals surface area contributed by atoms with Gasteiger partial charge in [-0.2, -0.15) is 5.26 Å². The molecule has 1 aromatic carbocycles. The van der Waals surface area contributed by atoms with Gasteiger partial charge in [0.15, 0.2) is 0 Å². The number of nitriles is 1. The van der Waals surface area contributed by atoms with Gasteiger partial charge in [0.25, 0.3) is 5.91 Å². The Morgan fingerprint density at radius 1 is 1.27 bits per heavy atom. The number of hydrogen-bond donors (Lipinski definition) is 1. The van der Waals surface area contributed by atoms with Crippen molar-refractivity contribution in [2.45, 2.75) is 40.2 Å². The molecule has 1 N–H and O–H groups in total. The number of rotatable bonds is 4. The minimum absolute atomic E-state index is 0.104. The third kappa shape index (κ3) is 3.20. The van der Waals surface area contributed by atoms with Crippen molar-refractivity contribution < 1.29 is 4.79 Å². The van der Waals surface area contributed by atoms with Crippen molar-refractivity contribution >= 4 is 11.6 Å². The molecule has 0 aliphatic heterocycles. The molecule has 1 aromatic heterocycles. The zero-order valence-electron chi connectivity index (χ0n) is 13.5. The highest BCUT2D eigenvalue weighted by atomic mass is 16.1. The van der Waals surface area contributed by atoms with Gasteiger partial charge in [-0.05, 0) is 51.5 Å². The zero-order valence-corrected chi connectivity index (χ0v) is 13.5. The summed E-state index contributed by atoms with van der Waals surface area (Å²) in [6, 6.07) is 11.7. The smallest absolute Gasteiger partial charge is 0.257 e. The molecule has 4 nitrogen and oxygen atoms in total. The van der Waals surface area contributed by atoms with Crippen molar-refractivity contribution in [3.05, 3.63) is 52.8 Å². The van der Waals surface area contributed by atoms with Crippen molar-refractivity contribution in [2.75, 3.05) is 5.32 Å². The number of aryl methyl sites for hydroxylation is 1. The number of hydrogen-bond acceptors (Lipinski definition) is 2. The van der Waals surface area contributed by atoms with Crippen LogP contribution >= 0.6 is 0 Å². The predicted molar refractivity (Wildman–Crippen MR) is 88.0 cm³/mol. The van der Waals surface area contributed by atoms with Crippen LogP contribution in [0.3, 0.4) is 0 Å². The van der Waals surface area contributed by atoms with E-state index < -0.39 is 0 Å². The van der Waals surface area contributed by atoms with Crippen molar-refractivity contribution in [3.8, 4) is 6.07 Å². The Morgan fingerprint density at radius 3 is 2.41 bits per heavy atom. The van der Waals surface area contributed by atoms with Crippen LogP contribution in [-0.2, 0) is 6.42 Å². The van der Waals surface area contributed by atoms with Crippen LogP contribution in [0.1, 0.15) is 47.2 Å². The van der Waals surface area contributed by atoms with Crippen LogP contribution in [0.15, 0.2) is 30.3 Å². The lowest BCUT2D eigenvalue weighted by atomic mass is 10.1. The fourth-order valence-corrected chi connectivity index (χ4v) is 2.80. The fraction of sp³-hybridized carbons (Fsp3) is 0.333. The maximum atomic E-state index is 12.5. The van der Waals surface area contributed by atoms with E-state index in [0.29, 0.717) is 18.0 Å². The first-order valence-electron chi connectivity index (χ1n) is 7.39. The number of amides is 1. The van der Waals surface area contributed by atoms with Gasteiger partial charge >= 0.3 is 0 Å². The number of benzene rings is 1. The molecule has 0 spiro atoms. The summed E-state index contributed by atoms with van der Waals surface area (Å²) in [4.78, 5) is 12.5. The van der Waals surface area contributed by atoms with Crippen molar-refractivity contribution in [1.29, 1.82) is 5.26 Å². The zero-order chi connectivity index (χ0) is 16.3. The van der Waals surface area contributed by atoms with Gasteiger partial charge in [0.05, 0.1) is 18.1 Å². The Kier molecular flexibility index (Phi) is 4.67. The molecule has 0 aliphatic rings. The number of nitrogens with one attached hydrogen (secondary N) is 1. The van der Waals surface area contributed by atoms with Gasteiger partial charge in [-0.25, -0.2) is 0 Å². The molecular formula is C18H21N3O. The topological polar surface area (TPSA) is 57.8 Å². The number of nitrogens with zero attached hydrogens (tertiary/aromatic N) is 2. The third-order valence-electron chi connectivity index (χ3n) is 3.74. The van der Waals surface area contributed by atoms with Crippen LogP contribution in [-0.4, -0.2) is 10.5 Å². The first-order valence-corrected chi connectivity index (χ1v) is 7.39. The fourth-order valence-electron chi connectivity index (χ4n) is 2.80. The summed E-state index contributed by atoms with van der Waals surface area (Å²) in [6.07, 6.45) is 0.379. The maximum Gasteiger partial charge on any atom is 0.257 e. The van der Waals surface area contributed by atoms with E-state index in [0.717, 1.165) is 22.6 Å². The minimum Gasteiger partial charge on any atom is -0.346 e. The van der Waals surface area contributed by atoms with Crippen LogP contribution in [0.25, 0.3) is 0 Å². The summed E-state index contributed by atoms with van der Waals surface area (Å²) < 4.78 is 2.16. The molecule has 0 saturated heterocycles.